The standard InChI is InChI=1S/C9H12N2O2/c12-9(13)7-5-10-8-3-1-2-4-11(8)6-7/h5H,1-4,6H2,(H,12,13). The van der Waals surface area contributed by atoms with Gasteiger partial charge in [0, 0.05) is 19.2 Å². The van der Waals surface area contributed by atoms with E-state index in [4.69, 9.17) is 5.11 Å². The second-order valence-corrected chi connectivity index (χ2v) is 3.38. The summed E-state index contributed by atoms with van der Waals surface area (Å²) in [7, 11) is 0. The molecule has 0 amide bonds. The van der Waals surface area contributed by atoms with Crippen LogP contribution < -0.4 is 0 Å². The van der Waals surface area contributed by atoms with E-state index in [0.717, 1.165) is 25.2 Å². The highest BCUT2D eigenvalue weighted by molar-refractivity contribution is 5.92. The third-order valence-corrected chi connectivity index (χ3v) is 2.45. The van der Waals surface area contributed by atoms with Crippen molar-refractivity contribution in [3.8, 4) is 0 Å². The van der Waals surface area contributed by atoms with Crippen molar-refractivity contribution in [1.29, 1.82) is 0 Å². The lowest BCUT2D eigenvalue weighted by molar-refractivity contribution is -0.132. The molecule has 2 aliphatic rings. The van der Waals surface area contributed by atoms with Crippen LogP contribution in [0, 0.1) is 0 Å². The van der Waals surface area contributed by atoms with Crippen molar-refractivity contribution >= 4 is 11.8 Å². The van der Waals surface area contributed by atoms with Crippen molar-refractivity contribution in [2.24, 2.45) is 4.99 Å². The Morgan fingerprint density at radius 2 is 2.38 bits per heavy atom. The summed E-state index contributed by atoms with van der Waals surface area (Å²) < 4.78 is 0. The maximum atomic E-state index is 10.7. The van der Waals surface area contributed by atoms with Crippen LogP contribution in [0.1, 0.15) is 19.3 Å². The van der Waals surface area contributed by atoms with Crippen LogP contribution in [0.3, 0.4) is 0 Å². The van der Waals surface area contributed by atoms with Gasteiger partial charge in [-0.2, -0.15) is 0 Å². The topological polar surface area (TPSA) is 52.9 Å². The maximum Gasteiger partial charge on any atom is 0.334 e. The number of aliphatic carboxylic acids is 1. The molecule has 0 atom stereocenters. The molecule has 0 aromatic carbocycles. The zero-order valence-electron chi connectivity index (χ0n) is 7.36. The van der Waals surface area contributed by atoms with Gasteiger partial charge in [-0.05, 0) is 12.8 Å². The summed E-state index contributed by atoms with van der Waals surface area (Å²) in [5.74, 6) is 0.199. The van der Waals surface area contributed by atoms with Crippen LogP contribution in [0.15, 0.2) is 16.8 Å². The Hall–Kier alpha value is -1.32. The van der Waals surface area contributed by atoms with Gasteiger partial charge in [-0.1, -0.05) is 0 Å². The summed E-state index contributed by atoms with van der Waals surface area (Å²) in [6, 6.07) is 0. The van der Waals surface area contributed by atoms with Crippen LogP contribution in [0.2, 0.25) is 0 Å². The fraction of sp³-hybridized carbons (Fsp3) is 0.556. The first-order chi connectivity index (χ1) is 6.27. The van der Waals surface area contributed by atoms with Gasteiger partial charge >= 0.3 is 5.97 Å². The quantitative estimate of drug-likeness (QED) is 0.651. The first-order valence-corrected chi connectivity index (χ1v) is 4.51. The highest BCUT2D eigenvalue weighted by atomic mass is 16.4. The van der Waals surface area contributed by atoms with Gasteiger partial charge in [-0.15, -0.1) is 0 Å². The number of carboxylic acid groups (broad SMARTS) is 1. The molecule has 2 rings (SSSR count). The number of hydrogen-bond acceptors (Lipinski definition) is 3. The molecule has 13 heavy (non-hydrogen) atoms. The van der Waals surface area contributed by atoms with Crippen LogP contribution in [0.4, 0.5) is 0 Å². The first-order valence-electron chi connectivity index (χ1n) is 4.51. The average molecular weight is 180 g/mol. The number of aliphatic imine (C=N–C) groups is 1. The van der Waals surface area contributed by atoms with Crippen molar-refractivity contribution in [2.45, 2.75) is 19.3 Å². The highest BCUT2D eigenvalue weighted by Gasteiger charge is 2.22. The minimum Gasteiger partial charge on any atom is -0.478 e. The van der Waals surface area contributed by atoms with E-state index in [9.17, 15) is 4.79 Å². The number of piperidine rings is 1. The molecule has 0 saturated carbocycles. The predicted octanol–water partition coefficient (Wildman–Crippen LogP) is 0.853. The third-order valence-electron chi connectivity index (χ3n) is 2.45. The molecule has 1 N–H and O–H groups in total. The van der Waals surface area contributed by atoms with E-state index < -0.39 is 5.97 Å². The molecule has 0 radical (unpaired) electrons. The Kier molecular flexibility index (Phi) is 2.04. The van der Waals surface area contributed by atoms with Crippen molar-refractivity contribution in [3.63, 3.8) is 0 Å². The third kappa shape index (κ3) is 1.56. The maximum absolute atomic E-state index is 10.7. The van der Waals surface area contributed by atoms with Gasteiger partial charge in [0.1, 0.15) is 5.84 Å². The minimum atomic E-state index is -0.853. The second kappa shape index (κ2) is 3.20. The summed E-state index contributed by atoms with van der Waals surface area (Å²) in [6.45, 7) is 1.47. The first kappa shape index (κ1) is 8.29. The van der Waals surface area contributed by atoms with E-state index >= 15 is 0 Å². The zero-order valence-corrected chi connectivity index (χ0v) is 7.36. The zero-order chi connectivity index (χ0) is 9.26. The molecule has 4 nitrogen and oxygen atoms in total. The summed E-state index contributed by atoms with van der Waals surface area (Å²) in [5, 5.41) is 8.76. The van der Waals surface area contributed by atoms with Crippen LogP contribution >= 0.6 is 0 Å². The van der Waals surface area contributed by atoms with E-state index in [2.05, 4.69) is 9.89 Å². The van der Waals surface area contributed by atoms with Gasteiger partial charge < -0.3 is 10.0 Å². The van der Waals surface area contributed by atoms with Gasteiger partial charge in [0.2, 0.25) is 0 Å². The molecule has 1 saturated heterocycles. The SMILES string of the molecule is O=C(O)C1=CN=C2CCCCN2C1. The number of carboxylic acids is 1. The molecule has 4 heteroatoms. The molecule has 0 aromatic heterocycles. The molecule has 0 bridgehead atoms. The average Bonchev–Trinajstić information content (AvgIpc) is 2.17. The molecular formula is C9H12N2O2. The number of carbonyl (C=O) groups is 1. The Labute approximate surface area is 76.6 Å². The Bertz CT molecular complexity index is 294. The summed E-state index contributed by atoms with van der Waals surface area (Å²) >= 11 is 0. The number of fused-ring (bicyclic) bond motifs is 1. The largest absolute Gasteiger partial charge is 0.478 e. The molecule has 0 unspecified atom stereocenters. The molecule has 0 spiro atoms. The van der Waals surface area contributed by atoms with Crippen LogP contribution in [-0.4, -0.2) is 34.9 Å². The lowest BCUT2D eigenvalue weighted by atomic mass is 10.1. The summed E-state index contributed by atoms with van der Waals surface area (Å²) in [6.07, 6.45) is 4.79. The fourth-order valence-electron chi connectivity index (χ4n) is 1.71. The van der Waals surface area contributed by atoms with E-state index in [-0.39, 0.29) is 0 Å². The van der Waals surface area contributed by atoms with Gasteiger partial charge in [-0.3, -0.25) is 0 Å². The molecule has 0 aliphatic carbocycles. The van der Waals surface area contributed by atoms with Crippen molar-refractivity contribution < 1.29 is 9.90 Å². The lowest BCUT2D eigenvalue weighted by Gasteiger charge is -2.32. The van der Waals surface area contributed by atoms with Crippen molar-refractivity contribution in [2.75, 3.05) is 13.1 Å². The predicted molar refractivity (Wildman–Crippen MR) is 48.6 cm³/mol. The van der Waals surface area contributed by atoms with Gasteiger partial charge in [0.05, 0.1) is 12.1 Å². The fourth-order valence-corrected chi connectivity index (χ4v) is 1.71. The lowest BCUT2D eigenvalue weighted by Crippen LogP contribution is -2.39. The molecule has 2 aliphatic heterocycles. The smallest absolute Gasteiger partial charge is 0.334 e. The van der Waals surface area contributed by atoms with Gasteiger partial charge in [0.15, 0.2) is 0 Å². The van der Waals surface area contributed by atoms with E-state index in [0.29, 0.717) is 12.1 Å². The van der Waals surface area contributed by atoms with Crippen LogP contribution in [0.5, 0.6) is 0 Å². The number of nitrogens with zero attached hydrogens (tertiary/aromatic N) is 2. The Balaban J connectivity index is 2.18. The minimum absolute atomic E-state index is 0.394. The molecule has 70 valence electrons. The molecule has 0 aromatic rings. The van der Waals surface area contributed by atoms with E-state index in [1.807, 2.05) is 0 Å². The monoisotopic (exact) mass is 180 g/mol. The van der Waals surface area contributed by atoms with Gasteiger partial charge in [0.25, 0.3) is 0 Å². The molecule has 2 heterocycles. The Morgan fingerprint density at radius 3 is 3.15 bits per heavy atom. The van der Waals surface area contributed by atoms with Crippen molar-refractivity contribution in [1.82, 2.24) is 4.90 Å². The molecular weight excluding hydrogens is 168 g/mol. The Morgan fingerprint density at radius 1 is 1.54 bits per heavy atom. The van der Waals surface area contributed by atoms with E-state index in [1.165, 1.54) is 12.6 Å². The van der Waals surface area contributed by atoms with Gasteiger partial charge in [-0.25, -0.2) is 9.79 Å². The highest BCUT2D eigenvalue weighted by Crippen LogP contribution is 2.17. The number of rotatable bonds is 1. The van der Waals surface area contributed by atoms with E-state index in [1.54, 1.807) is 0 Å². The summed E-state index contributed by atoms with van der Waals surface area (Å²) in [4.78, 5) is 16.9. The number of amidine groups is 1. The van der Waals surface area contributed by atoms with Crippen LogP contribution in [0.25, 0.3) is 0 Å². The molecule has 1 fully saturated rings. The summed E-state index contributed by atoms with van der Waals surface area (Å²) in [5.41, 5.74) is 0.394. The second-order valence-electron chi connectivity index (χ2n) is 3.38. The number of hydrogen-bond donors (Lipinski definition) is 1. The normalized spacial score (nSPS) is 21.7. The van der Waals surface area contributed by atoms with Crippen LogP contribution in [-0.2, 0) is 4.79 Å². The van der Waals surface area contributed by atoms with Crippen molar-refractivity contribution in [3.05, 3.63) is 11.8 Å².